The minimum atomic E-state index is -1.31. The molecule has 0 bridgehead atoms. The maximum Gasteiger partial charge on any atom is 0.204 e. The van der Waals surface area contributed by atoms with Crippen LogP contribution in [0.15, 0.2) is 36.4 Å². The summed E-state index contributed by atoms with van der Waals surface area (Å²) in [6.07, 6.45) is 2.26. The Balaban J connectivity index is 1.41. The van der Waals surface area contributed by atoms with E-state index >= 15 is 8.78 Å². The minimum Gasteiger partial charge on any atom is -0.491 e. The monoisotopic (exact) mass is 538 g/mol. The molecule has 1 aliphatic carbocycles. The Bertz CT molecular complexity index is 1290. The van der Waals surface area contributed by atoms with Crippen molar-refractivity contribution in [2.75, 3.05) is 19.8 Å². The lowest BCUT2D eigenvalue weighted by Gasteiger charge is -2.29. The van der Waals surface area contributed by atoms with Crippen molar-refractivity contribution < 1.29 is 40.6 Å². The van der Waals surface area contributed by atoms with Crippen molar-refractivity contribution in [3.63, 3.8) is 0 Å². The van der Waals surface area contributed by atoms with Gasteiger partial charge >= 0.3 is 0 Å². The second-order valence-electron chi connectivity index (χ2n) is 9.15. The molecule has 3 nitrogen and oxygen atoms in total. The van der Waals surface area contributed by atoms with Crippen LogP contribution >= 0.6 is 0 Å². The molecule has 1 saturated carbocycles. The molecule has 38 heavy (non-hydrogen) atoms. The summed E-state index contributed by atoms with van der Waals surface area (Å²) in [7, 11) is 0. The number of hydrogen-bond acceptors (Lipinski definition) is 3. The van der Waals surface area contributed by atoms with E-state index in [1.165, 1.54) is 30.3 Å². The molecule has 4 rings (SSSR count). The average Bonchev–Trinajstić information content (AvgIpc) is 2.92. The topological polar surface area (TPSA) is 27.7 Å². The summed E-state index contributed by atoms with van der Waals surface area (Å²) in [5.41, 5.74) is -0.609. The van der Waals surface area contributed by atoms with Crippen molar-refractivity contribution in [1.82, 2.24) is 0 Å². The van der Waals surface area contributed by atoms with E-state index in [2.05, 4.69) is 0 Å². The normalized spacial score (nSPS) is 17.4. The van der Waals surface area contributed by atoms with Crippen LogP contribution in [0.5, 0.6) is 17.2 Å². The molecule has 3 aromatic carbocycles. The number of halogens is 6. The van der Waals surface area contributed by atoms with Crippen molar-refractivity contribution in [1.29, 1.82) is 0 Å². The maximum absolute atomic E-state index is 15.1. The molecule has 1 aliphatic rings. The Morgan fingerprint density at radius 1 is 0.553 bits per heavy atom. The standard InChI is InChI=1S/C29H28F6O3/c1-3-36-21-12-11-20(26(32)27(21)33)19-10-9-18(24(30)25(19)31)17-7-5-16(6-8-17)15-38-23-14-13-22(37-4-2)28(34)29(23)35/h9-14,16-17H,3-8,15H2,1-2H3. The van der Waals surface area contributed by atoms with Gasteiger partial charge in [0.15, 0.2) is 34.7 Å². The molecule has 0 atom stereocenters. The fourth-order valence-corrected chi connectivity index (χ4v) is 4.83. The Hall–Kier alpha value is -3.36. The molecule has 0 amide bonds. The molecule has 1 fully saturated rings. The van der Waals surface area contributed by atoms with Crippen molar-refractivity contribution in [3.05, 3.63) is 76.9 Å². The molecule has 0 spiro atoms. The number of ether oxygens (including phenoxy) is 3. The van der Waals surface area contributed by atoms with E-state index in [1.807, 2.05) is 0 Å². The summed E-state index contributed by atoms with van der Waals surface area (Å²) < 4.78 is 103. The number of hydrogen-bond donors (Lipinski definition) is 0. The first-order chi connectivity index (χ1) is 18.3. The van der Waals surface area contributed by atoms with Crippen LogP contribution in [0.2, 0.25) is 0 Å². The van der Waals surface area contributed by atoms with Gasteiger partial charge in [0.05, 0.1) is 19.8 Å². The predicted octanol–water partition coefficient (Wildman–Crippen LogP) is 8.34. The zero-order valence-electron chi connectivity index (χ0n) is 21.1. The van der Waals surface area contributed by atoms with Gasteiger partial charge in [-0.15, -0.1) is 0 Å². The van der Waals surface area contributed by atoms with Gasteiger partial charge in [-0.3, -0.25) is 0 Å². The van der Waals surface area contributed by atoms with E-state index in [9.17, 15) is 17.6 Å². The second-order valence-corrected chi connectivity index (χ2v) is 9.15. The first-order valence-corrected chi connectivity index (χ1v) is 12.6. The lowest BCUT2D eigenvalue weighted by atomic mass is 9.78. The number of rotatable bonds is 9. The summed E-state index contributed by atoms with van der Waals surface area (Å²) in [6.45, 7) is 3.75. The molecular weight excluding hydrogens is 510 g/mol. The molecule has 0 aliphatic heterocycles. The van der Waals surface area contributed by atoms with E-state index in [4.69, 9.17) is 14.2 Å². The van der Waals surface area contributed by atoms with E-state index in [1.54, 1.807) is 13.8 Å². The van der Waals surface area contributed by atoms with Gasteiger partial charge in [-0.1, -0.05) is 12.1 Å². The highest BCUT2D eigenvalue weighted by Crippen LogP contribution is 2.40. The summed E-state index contributed by atoms with van der Waals surface area (Å²) in [6, 6.07) is 7.62. The van der Waals surface area contributed by atoms with Crippen LogP contribution in [0.25, 0.3) is 11.1 Å². The molecule has 0 radical (unpaired) electrons. The molecular formula is C29H28F6O3. The van der Waals surface area contributed by atoms with Gasteiger partial charge in [-0.2, -0.15) is 13.2 Å². The fourth-order valence-electron chi connectivity index (χ4n) is 4.83. The SMILES string of the molecule is CCOc1ccc(OCC2CCC(c3ccc(-c4ccc(OCC)c(F)c4F)c(F)c3F)CC2)c(F)c1F. The second kappa shape index (κ2) is 12.0. The quantitative estimate of drug-likeness (QED) is 0.256. The molecule has 204 valence electrons. The van der Waals surface area contributed by atoms with Crippen molar-refractivity contribution >= 4 is 0 Å². The van der Waals surface area contributed by atoms with Crippen molar-refractivity contribution in [2.24, 2.45) is 5.92 Å². The van der Waals surface area contributed by atoms with Crippen LogP contribution in [0.1, 0.15) is 51.0 Å². The van der Waals surface area contributed by atoms with Crippen LogP contribution in [0.3, 0.4) is 0 Å². The maximum atomic E-state index is 15.1. The van der Waals surface area contributed by atoms with Crippen LogP contribution in [-0.2, 0) is 0 Å². The van der Waals surface area contributed by atoms with Gasteiger partial charge in [0.25, 0.3) is 0 Å². The smallest absolute Gasteiger partial charge is 0.204 e. The first kappa shape index (κ1) is 27.7. The Morgan fingerprint density at radius 3 is 1.55 bits per heavy atom. The van der Waals surface area contributed by atoms with Gasteiger partial charge in [0.2, 0.25) is 17.5 Å². The lowest BCUT2D eigenvalue weighted by molar-refractivity contribution is 0.191. The molecule has 0 unspecified atom stereocenters. The van der Waals surface area contributed by atoms with Gasteiger partial charge in [-0.25, -0.2) is 13.2 Å². The van der Waals surface area contributed by atoms with Crippen molar-refractivity contribution in [2.45, 2.75) is 45.4 Å². The first-order valence-electron chi connectivity index (χ1n) is 12.6. The number of benzene rings is 3. The van der Waals surface area contributed by atoms with E-state index < -0.39 is 40.5 Å². The molecule has 0 N–H and O–H groups in total. The Morgan fingerprint density at radius 2 is 1.00 bits per heavy atom. The predicted molar refractivity (Wildman–Crippen MR) is 131 cm³/mol. The summed E-state index contributed by atoms with van der Waals surface area (Å²) in [5.74, 6) is -8.11. The highest BCUT2D eigenvalue weighted by atomic mass is 19.2. The van der Waals surface area contributed by atoms with Gasteiger partial charge in [0, 0.05) is 11.1 Å². The van der Waals surface area contributed by atoms with Crippen molar-refractivity contribution in [3.8, 4) is 28.4 Å². The minimum absolute atomic E-state index is 0.0217. The third-order valence-electron chi connectivity index (χ3n) is 6.82. The van der Waals surface area contributed by atoms with Gasteiger partial charge < -0.3 is 14.2 Å². The third-order valence-corrected chi connectivity index (χ3v) is 6.82. The fraction of sp³-hybridized carbons (Fsp3) is 0.379. The highest BCUT2D eigenvalue weighted by molar-refractivity contribution is 5.66. The molecule has 3 aromatic rings. The largest absolute Gasteiger partial charge is 0.491 e. The van der Waals surface area contributed by atoms with Crippen LogP contribution in [0, 0.1) is 40.8 Å². The van der Waals surface area contributed by atoms with E-state index in [0.717, 1.165) is 6.07 Å². The zero-order chi connectivity index (χ0) is 27.4. The zero-order valence-corrected chi connectivity index (χ0v) is 21.1. The van der Waals surface area contributed by atoms with E-state index in [-0.39, 0.29) is 60.0 Å². The lowest BCUT2D eigenvalue weighted by Crippen LogP contribution is -2.20. The van der Waals surface area contributed by atoms with E-state index in [0.29, 0.717) is 25.7 Å². The van der Waals surface area contributed by atoms with Crippen LogP contribution in [-0.4, -0.2) is 19.8 Å². The van der Waals surface area contributed by atoms with Gasteiger partial charge in [0.1, 0.15) is 0 Å². The van der Waals surface area contributed by atoms with Crippen LogP contribution < -0.4 is 14.2 Å². The molecule has 0 heterocycles. The summed E-state index contributed by atoms with van der Waals surface area (Å²) in [4.78, 5) is 0. The summed E-state index contributed by atoms with van der Waals surface area (Å²) >= 11 is 0. The molecule has 0 aromatic heterocycles. The van der Waals surface area contributed by atoms with Crippen LogP contribution in [0.4, 0.5) is 26.3 Å². The molecule has 0 saturated heterocycles. The summed E-state index contributed by atoms with van der Waals surface area (Å²) in [5, 5.41) is 0. The van der Waals surface area contributed by atoms with Gasteiger partial charge in [-0.05, 0) is 81.2 Å². The third kappa shape index (κ3) is 5.56. The highest BCUT2D eigenvalue weighted by Gasteiger charge is 2.28. The molecule has 9 heteroatoms. The average molecular weight is 539 g/mol. The Labute approximate surface area is 217 Å². The Kier molecular flexibility index (Phi) is 8.74.